The van der Waals surface area contributed by atoms with Crippen LogP contribution in [-0.2, 0) is 6.54 Å². The number of fused-ring (bicyclic) bond motifs is 1. The zero-order valence-electron chi connectivity index (χ0n) is 8.78. The van der Waals surface area contributed by atoms with Crippen molar-refractivity contribution in [2.24, 2.45) is 5.11 Å². The predicted molar refractivity (Wildman–Crippen MR) is 63.5 cm³/mol. The normalized spacial score (nSPS) is 9.88. The van der Waals surface area contributed by atoms with E-state index in [4.69, 9.17) is 5.53 Å². The molecule has 0 saturated carbocycles. The van der Waals surface area contributed by atoms with Gasteiger partial charge in [-0.3, -0.25) is 10.1 Å². The van der Waals surface area contributed by atoms with Gasteiger partial charge in [-0.25, -0.2) is 0 Å². The SMILES string of the molecule is [N-]=[N+]=NCc1c([N+](=O)[O-])ccc2ccccc12. The van der Waals surface area contributed by atoms with E-state index >= 15 is 0 Å². The summed E-state index contributed by atoms with van der Waals surface area (Å²) in [5.74, 6) is 0. The van der Waals surface area contributed by atoms with E-state index in [-0.39, 0.29) is 12.2 Å². The standard InChI is InChI=1S/C11H8N4O2/c12-14-13-7-10-9-4-2-1-3-8(9)5-6-11(10)15(16)17/h1-6H,7H2. The summed E-state index contributed by atoms with van der Waals surface area (Å²) in [5, 5.41) is 15.9. The number of nitro groups is 1. The molecule has 0 radical (unpaired) electrons. The lowest BCUT2D eigenvalue weighted by molar-refractivity contribution is -0.385. The van der Waals surface area contributed by atoms with Gasteiger partial charge in [0, 0.05) is 16.5 Å². The average Bonchev–Trinajstić information content (AvgIpc) is 2.35. The van der Waals surface area contributed by atoms with Gasteiger partial charge in [0.15, 0.2) is 0 Å². The Hall–Kier alpha value is -2.59. The highest BCUT2D eigenvalue weighted by molar-refractivity contribution is 5.88. The molecule has 0 spiro atoms. The van der Waals surface area contributed by atoms with Crippen molar-refractivity contribution < 1.29 is 4.92 Å². The lowest BCUT2D eigenvalue weighted by Gasteiger charge is -2.04. The Balaban J connectivity index is 2.74. The molecule has 0 saturated heterocycles. The molecule has 6 nitrogen and oxygen atoms in total. The maximum Gasteiger partial charge on any atom is 0.273 e. The summed E-state index contributed by atoms with van der Waals surface area (Å²) >= 11 is 0. The van der Waals surface area contributed by atoms with Crippen LogP contribution in [0, 0.1) is 10.1 Å². The van der Waals surface area contributed by atoms with Crippen LogP contribution < -0.4 is 0 Å². The summed E-state index contributed by atoms with van der Waals surface area (Å²) in [7, 11) is 0. The molecule has 6 heteroatoms. The van der Waals surface area contributed by atoms with E-state index in [0.717, 1.165) is 10.8 Å². The third-order valence-corrected chi connectivity index (χ3v) is 2.50. The Morgan fingerprint density at radius 3 is 2.76 bits per heavy atom. The predicted octanol–water partition coefficient (Wildman–Crippen LogP) is 3.56. The van der Waals surface area contributed by atoms with E-state index in [2.05, 4.69) is 10.0 Å². The minimum atomic E-state index is -0.464. The molecule has 0 aliphatic rings. The largest absolute Gasteiger partial charge is 0.273 e. The maximum atomic E-state index is 10.9. The second kappa shape index (κ2) is 4.51. The van der Waals surface area contributed by atoms with Crippen molar-refractivity contribution in [2.75, 3.05) is 0 Å². The minimum absolute atomic E-state index is 0.0175. The lowest BCUT2D eigenvalue weighted by atomic mass is 10.0. The Kier molecular flexibility index (Phi) is 2.89. The summed E-state index contributed by atoms with van der Waals surface area (Å²) < 4.78 is 0. The fourth-order valence-corrected chi connectivity index (χ4v) is 1.76. The number of nitrogens with zero attached hydrogens (tertiary/aromatic N) is 4. The van der Waals surface area contributed by atoms with Crippen LogP contribution in [0.4, 0.5) is 5.69 Å². The van der Waals surface area contributed by atoms with E-state index in [9.17, 15) is 10.1 Å². The van der Waals surface area contributed by atoms with Gasteiger partial charge in [-0.1, -0.05) is 29.4 Å². The first kappa shape index (κ1) is 10.9. The van der Waals surface area contributed by atoms with Crippen LogP contribution in [0.25, 0.3) is 21.2 Å². The van der Waals surface area contributed by atoms with E-state index in [1.807, 2.05) is 12.1 Å². The first-order chi connectivity index (χ1) is 8.24. The molecule has 0 unspecified atom stereocenters. The van der Waals surface area contributed by atoms with Crippen LogP contribution in [0.3, 0.4) is 0 Å². The fourth-order valence-electron chi connectivity index (χ4n) is 1.76. The number of hydrogen-bond acceptors (Lipinski definition) is 3. The van der Waals surface area contributed by atoms with Crippen molar-refractivity contribution >= 4 is 16.5 Å². The maximum absolute atomic E-state index is 10.9. The molecule has 2 aromatic carbocycles. The summed E-state index contributed by atoms with van der Waals surface area (Å²) in [5.41, 5.74) is 8.75. The average molecular weight is 228 g/mol. The monoisotopic (exact) mass is 228 g/mol. The summed E-state index contributed by atoms with van der Waals surface area (Å²) in [4.78, 5) is 13.1. The molecule has 0 fully saturated rings. The van der Waals surface area contributed by atoms with Crippen LogP contribution in [0.2, 0.25) is 0 Å². The minimum Gasteiger partial charge on any atom is -0.258 e. The second-order valence-electron chi connectivity index (χ2n) is 3.43. The Morgan fingerprint density at radius 2 is 2.06 bits per heavy atom. The smallest absolute Gasteiger partial charge is 0.258 e. The molecular formula is C11H8N4O2. The molecular weight excluding hydrogens is 220 g/mol. The molecule has 0 aliphatic heterocycles. The number of azide groups is 1. The number of benzene rings is 2. The molecule has 0 aliphatic carbocycles. The summed E-state index contributed by atoms with van der Waals surface area (Å²) in [6, 6.07) is 10.4. The molecule has 0 aromatic heterocycles. The van der Waals surface area contributed by atoms with Crippen molar-refractivity contribution in [3.05, 3.63) is 62.5 Å². The van der Waals surface area contributed by atoms with Crippen molar-refractivity contribution in [1.29, 1.82) is 0 Å². The summed E-state index contributed by atoms with van der Waals surface area (Å²) in [6.07, 6.45) is 0. The molecule has 0 amide bonds. The third kappa shape index (κ3) is 2.02. The van der Waals surface area contributed by atoms with Gasteiger partial charge in [-0.2, -0.15) is 0 Å². The number of hydrogen-bond donors (Lipinski definition) is 0. The quantitative estimate of drug-likeness (QED) is 0.264. The molecule has 0 heterocycles. The number of nitro benzene ring substituents is 1. The Morgan fingerprint density at radius 1 is 1.29 bits per heavy atom. The van der Waals surface area contributed by atoms with E-state index in [1.54, 1.807) is 18.2 Å². The van der Waals surface area contributed by atoms with Gasteiger partial charge < -0.3 is 0 Å². The van der Waals surface area contributed by atoms with Crippen LogP contribution in [0.5, 0.6) is 0 Å². The van der Waals surface area contributed by atoms with Crippen LogP contribution in [-0.4, -0.2) is 4.92 Å². The third-order valence-electron chi connectivity index (χ3n) is 2.50. The highest BCUT2D eigenvalue weighted by Gasteiger charge is 2.15. The second-order valence-corrected chi connectivity index (χ2v) is 3.43. The van der Waals surface area contributed by atoms with Gasteiger partial charge >= 0.3 is 0 Å². The molecule has 0 N–H and O–H groups in total. The van der Waals surface area contributed by atoms with Gasteiger partial charge in [0.05, 0.1) is 11.5 Å². The Bertz CT molecular complexity index is 632. The highest BCUT2D eigenvalue weighted by atomic mass is 16.6. The van der Waals surface area contributed by atoms with Crippen molar-refractivity contribution in [2.45, 2.75) is 6.54 Å². The van der Waals surface area contributed by atoms with Gasteiger partial charge in [-0.15, -0.1) is 0 Å². The molecule has 0 bridgehead atoms. The lowest BCUT2D eigenvalue weighted by Crippen LogP contribution is -1.95. The molecule has 2 rings (SSSR count). The van der Waals surface area contributed by atoms with Crippen LogP contribution in [0.15, 0.2) is 41.5 Å². The Labute approximate surface area is 96.3 Å². The van der Waals surface area contributed by atoms with Gasteiger partial charge in [0.25, 0.3) is 5.69 Å². The van der Waals surface area contributed by atoms with Gasteiger partial charge in [0.1, 0.15) is 0 Å². The van der Waals surface area contributed by atoms with E-state index in [1.165, 1.54) is 6.07 Å². The molecule has 84 valence electrons. The van der Waals surface area contributed by atoms with E-state index < -0.39 is 4.92 Å². The molecule has 2 aromatic rings. The first-order valence-corrected chi connectivity index (χ1v) is 4.90. The first-order valence-electron chi connectivity index (χ1n) is 4.90. The topological polar surface area (TPSA) is 91.9 Å². The van der Waals surface area contributed by atoms with Gasteiger partial charge in [0.2, 0.25) is 0 Å². The van der Waals surface area contributed by atoms with Gasteiger partial charge in [-0.05, 0) is 22.4 Å². The highest BCUT2D eigenvalue weighted by Crippen LogP contribution is 2.28. The van der Waals surface area contributed by atoms with Crippen LogP contribution >= 0.6 is 0 Å². The number of rotatable bonds is 3. The molecule has 0 atom stereocenters. The van der Waals surface area contributed by atoms with Crippen molar-refractivity contribution in [3.8, 4) is 0 Å². The van der Waals surface area contributed by atoms with E-state index in [0.29, 0.717) is 5.56 Å². The fraction of sp³-hybridized carbons (Fsp3) is 0.0909. The van der Waals surface area contributed by atoms with Crippen molar-refractivity contribution in [1.82, 2.24) is 0 Å². The zero-order chi connectivity index (χ0) is 12.3. The van der Waals surface area contributed by atoms with Crippen molar-refractivity contribution in [3.63, 3.8) is 0 Å². The zero-order valence-corrected chi connectivity index (χ0v) is 8.78. The summed E-state index contributed by atoms with van der Waals surface area (Å²) in [6.45, 7) is -0.0197. The van der Waals surface area contributed by atoms with Crippen LogP contribution in [0.1, 0.15) is 5.56 Å². The molecule has 17 heavy (non-hydrogen) atoms.